The average Bonchev–Trinajstić information content (AvgIpc) is 2.35. The maximum absolute atomic E-state index is 13.4. The zero-order chi connectivity index (χ0) is 12.1. The summed E-state index contributed by atoms with van der Waals surface area (Å²) in [5.74, 6) is -0.185. The summed E-state index contributed by atoms with van der Waals surface area (Å²) >= 11 is 3.33. The van der Waals surface area contributed by atoms with Crippen molar-refractivity contribution in [2.75, 3.05) is 0 Å². The number of aromatic nitrogens is 1. The molecule has 0 aliphatic heterocycles. The van der Waals surface area contributed by atoms with E-state index in [-0.39, 0.29) is 5.82 Å². The summed E-state index contributed by atoms with van der Waals surface area (Å²) in [6, 6.07) is 8.82. The van der Waals surface area contributed by atoms with E-state index in [1.165, 1.54) is 6.07 Å². The molecule has 0 aliphatic rings. The highest BCUT2D eigenvalue weighted by Crippen LogP contribution is 2.15. The van der Waals surface area contributed by atoms with Gasteiger partial charge in [0.05, 0.1) is 0 Å². The molecule has 4 heteroatoms. The Bertz CT molecular complexity index is 488. The molecule has 0 spiro atoms. The van der Waals surface area contributed by atoms with Crippen LogP contribution in [0.4, 0.5) is 4.39 Å². The van der Waals surface area contributed by atoms with Crippen molar-refractivity contribution in [1.82, 2.24) is 10.3 Å². The van der Waals surface area contributed by atoms with Crippen LogP contribution in [-0.2, 0) is 13.1 Å². The Morgan fingerprint density at radius 3 is 2.65 bits per heavy atom. The van der Waals surface area contributed by atoms with Crippen molar-refractivity contribution in [3.63, 3.8) is 0 Å². The zero-order valence-corrected chi connectivity index (χ0v) is 10.7. The van der Waals surface area contributed by atoms with Crippen LogP contribution in [0.1, 0.15) is 11.1 Å². The number of hydrogen-bond donors (Lipinski definition) is 1. The van der Waals surface area contributed by atoms with Gasteiger partial charge in [-0.15, -0.1) is 0 Å². The normalized spacial score (nSPS) is 10.5. The van der Waals surface area contributed by atoms with Crippen LogP contribution >= 0.6 is 15.9 Å². The fourth-order valence-corrected chi connectivity index (χ4v) is 1.93. The Hall–Kier alpha value is -1.26. The summed E-state index contributed by atoms with van der Waals surface area (Å²) in [6.07, 6.45) is 3.49. The van der Waals surface area contributed by atoms with Gasteiger partial charge in [0.15, 0.2) is 0 Å². The minimum absolute atomic E-state index is 0.185. The number of hydrogen-bond acceptors (Lipinski definition) is 2. The fourth-order valence-electron chi connectivity index (χ4n) is 1.52. The third kappa shape index (κ3) is 3.61. The lowest BCUT2D eigenvalue weighted by Crippen LogP contribution is -2.13. The molecule has 0 atom stereocenters. The van der Waals surface area contributed by atoms with Crippen molar-refractivity contribution in [3.8, 4) is 0 Å². The van der Waals surface area contributed by atoms with E-state index in [4.69, 9.17) is 0 Å². The third-order valence-electron chi connectivity index (χ3n) is 2.40. The van der Waals surface area contributed by atoms with Gasteiger partial charge in [0.25, 0.3) is 0 Å². The van der Waals surface area contributed by atoms with E-state index in [1.54, 1.807) is 24.5 Å². The number of rotatable bonds is 4. The van der Waals surface area contributed by atoms with Crippen LogP contribution in [-0.4, -0.2) is 4.98 Å². The SMILES string of the molecule is Fc1ccc(Br)cc1CNCc1ccncc1. The molecule has 1 aromatic heterocycles. The molecule has 1 heterocycles. The largest absolute Gasteiger partial charge is 0.309 e. The van der Waals surface area contributed by atoms with E-state index in [9.17, 15) is 4.39 Å². The summed E-state index contributed by atoms with van der Waals surface area (Å²) in [5.41, 5.74) is 1.80. The monoisotopic (exact) mass is 294 g/mol. The Labute approximate surface area is 108 Å². The topological polar surface area (TPSA) is 24.9 Å². The van der Waals surface area contributed by atoms with Gasteiger partial charge in [-0.2, -0.15) is 0 Å². The summed E-state index contributed by atoms with van der Waals surface area (Å²) in [6.45, 7) is 1.21. The molecule has 0 amide bonds. The first-order chi connectivity index (χ1) is 8.25. The molecule has 0 radical (unpaired) electrons. The molecule has 2 rings (SSSR count). The van der Waals surface area contributed by atoms with Gasteiger partial charge in [-0.1, -0.05) is 15.9 Å². The van der Waals surface area contributed by atoms with Gasteiger partial charge in [-0.3, -0.25) is 4.98 Å². The molecule has 2 nitrogen and oxygen atoms in total. The second-order valence-corrected chi connectivity index (χ2v) is 4.61. The Morgan fingerprint density at radius 1 is 1.12 bits per heavy atom. The second-order valence-electron chi connectivity index (χ2n) is 3.69. The Morgan fingerprint density at radius 2 is 1.88 bits per heavy atom. The van der Waals surface area contributed by atoms with Gasteiger partial charge in [0, 0.05) is 35.5 Å². The minimum Gasteiger partial charge on any atom is -0.309 e. The van der Waals surface area contributed by atoms with E-state index < -0.39 is 0 Å². The molecule has 0 unspecified atom stereocenters. The zero-order valence-electron chi connectivity index (χ0n) is 9.16. The number of nitrogens with one attached hydrogen (secondary N) is 1. The molecule has 1 aromatic carbocycles. The fraction of sp³-hybridized carbons (Fsp3) is 0.154. The first kappa shape index (κ1) is 12.2. The van der Waals surface area contributed by atoms with Crippen LogP contribution in [0, 0.1) is 5.82 Å². The Kier molecular flexibility index (Phi) is 4.23. The predicted molar refractivity (Wildman–Crippen MR) is 68.9 cm³/mol. The van der Waals surface area contributed by atoms with Crippen molar-refractivity contribution in [1.29, 1.82) is 0 Å². The molecule has 1 N–H and O–H groups in total. The van der Waals surface area contributed by atoms with Crippen molar-refractivity contribution in [2.24, 2.45) is 0 Å². The van der Waals surface area contributed by atoms with Gasteiger partial charge < -0.3 is 5.32 Å². The highest BCUT2D eigenvalue weighted by atomic mass is 79.9. The molecular weight excluding hydrogens is 283 g/mol. The number of benzene rings is 1. The van der Waals surface area contributed by atoms with Crippen LogP contribution in [0.25, 0.3) is 0 Å². The van der Waals surface area contributed by atoms with Crippen molar-refractivity contribution >= 4 is 15.9 Å². The van der Waals surface area contributed by atoms with Crippen LogP contribution in [0.2, 0.25) is 0 Å². The summed E-state index contributed by atoms with van der Waals surface area (Å²) in [7, 11) is 0. The summed E-state index contributed by atoms with van der Waals surface area (Å²) in [4.78, 5) is 3.94. The van der Waals surface area contributed by atoms with E-state index >= 15 is 0 Å². The van der Waals surface area contributed by atoms with Crippen molar-refractivity contribution < 1.29 is 4.39 Å². The van der Waals surface area contributed by atoms with Crippen LogP contribution in [0.5, 0.6) is 0 Å². The molecular formula is C13H12BrFN2. The maximum Gasteiger partial charge on any atom is 0.127 e. The van der Waals surface area contributed by atoms with Gasteiger partial charge in [-0.05, 0) is 35.9 Å². The average molecular weight is 295 g/mol. The minimum atomic E-state index is -0.185. The lowest BCUT2D eigenvalue weighted by Gasteiger charge is -2.06. The quantitative estimate of drug-likeness (QED) is 0.936. The second kappa shape index (κ2) is 5.89. The molecule has 0 bridgehead atoms. The molecule has 0 aliphatic carbocycles. The predicted octanol–water partition coefficient (Wildman–Crippen LogP) is 3.27. The van der Waals surface area contributed by atoms with E-state index in [2.05, 4.69) is 26.2 Å². The molecule has 2 aromatic rings. The lowest BCUT2D eigenvalue weighted by atomic mass is 10.2. The maximum atomic E-state index is 13.4. The van der Waals surface area contributed by atoms with E-state index in [1.807, 2.05) is 12.1 Å². The van der Waals surface area contributed by atoms with Crippen LogP contribution in [0.15, 0.2) is 47.2 Å². The van der Waals surface area contributed by atoms with E-state index in [0.29, 0.717) is 18.7 Å². The first-order valence-electron chi connectivity index (χ1n) is 5.29. The smallest absolute Gasteiger partial charge is 0.127 e. The standard InChI is InChI=1S/C13H12BrFN2/c14-12-1-2-13(15)11(7-12)9-17-8-10-3-5-16-6-4-10/h1-7,17H,8-9H2. The van der Waals surface area contributed by atoms with Crippen molar-refractivity contribution in [2.45, 2.75) is 13.1 Å². The van der Waals surface area contributed by atoms with Crippen LogP contribution < -0.4 is 5.32 Å². The molecule has 88 valence electrons. The highest BCUT2D eigenvalue weighted by Gasteiger charge is 2.02. The molecule has 0 fully saturated rings. The van der Waals surface area contributed by atoms with Crippen LogP contribution in [0.3, 0.4) is 0 Å². The molecule has 0 saturated carbocycles. The summed E-state index contributed by atoms with van der Waals surface area (Å²) < 4.78 is 14.3. The Balaban J connectivity index is 1.92. The number of halogens is 2. The van der Waals surface area contributed by atoms with Gasteiger partial charge >= 0.3 is 0 Å². The molecule has 17 heavy (non-hydrogen) atoms. The number of nitrogens with zero attached hydrogens (tertiary/aromatic N) is 1. The first-order valence-corrected chi connectivity index (χ1v) is 6.08. The molecule has 0 saturated heterocycles. The van der Waals surface area contributed by atoms with E-state index in [0.717, 1.165) is 10.0 Å². The van der Waals surface area contributed by atoms with Gasteiger partial charge in [0.2, 0.25) is 0 Å². The third-order valence-corrected chi connectivity index (χ3v) is 2.89. The van der Waals surface area contributed by atoms with Gasteiger partial charge in [0.1, 0.15) is 5.82 Å². The lowest BCUT2D eigenvalue weighted by molar-refractivity contribution is 0.587. The van der Waals surface area contributed by atoms with Gasteiger partial charge in [-0.25, -0.2) is 4.39 Å². The number of pyridine rings is 1. The summed E-state index contributed by atoms with van der Waals surface area (Å²) in [5, 5.41) is 3.20. The highest BCUT2D eigenvalue weighted by molar-refractivity contribution is 9.10. The van der Waals surface area contributed by atoms with Crippen molar-refractivity contribution in [3.05, 3.63) is 64.1 Å².